The van der Waals surface area contributed by atoms with Gasteiger partial charge < -0.3 is 14.4 Å². The molecule has 1 aromatic rings. The van der Waals surface area contributed by atoms with Gasteiger partial charge in [0.15, 0.2) is 0 Å². The van der Waals surface area contributed by atoms with E-state index in [0.717, 1.165) is 37.1 Å². The standard InChI is InChI=1S/C27H42N2O2/c1-19(16-29-14-13-28-18-29)22-7-8-23-21-6-5-20-15-27(30,17-31-4)12-11-25(20,2)24(21)9-10-26(22,23)3/h13-14,18,20-24,30H,1,5-12,15-17H2,2-4H3/t20-,21-,22+,23-,24-,25-,26+,27+/m0/s1. The fourth-order valence-electron chi connectivity index (χ4n) is 9.12. The van der Waals surface area contributed by atoms with Crippen molar-refractivity contribution in [3.8, 4) is 0 Å². The van der Waals surface area contributed by atoms with Crippen molar-refractivity contribution in [2.45, 2.75) is 83.8 Å². The fourth-order valence-corrected chi connectivity index (χ4v) is 9.12. The molecular formula is C27H42N2O2. The summed E-state index contributed by atoms with van der Waals surface area (Å²) in [5.74, 6) is 3.83. The SMILES string of the molecule is C=C(Cn1ccnc1)[C@H]1CC[C@H]2[C@@H]3CC[C@H]4C[C@@](O)(COC)CC[C@]4(C)[C@H]3CC[C@]12C. The third kappa shape index (κ3) is 3.44. The van der Waals surface area contributed by atoms with Crippen LogP contribution in [0, 0.1) is 40.4 Å². The number of fused-ring (bicyclic) bond motifs is 5. The van der Waals surface area contributed by atoms with Crippen LogP contribution in [0.1, 0.15) is 71.6 Å². The average Bonchev–Trinajstić information content (AvgIpc) is 3.35. The van der Waals surface area contributed by atoms with Crippen molar-refractivity contribution in [3.63, 3.8) is 0 Å². The molecule has 4 aliphatic carbocycles. The minimum atomic E-state index is -0.599. The van der Waals surface area contributed by atoms with E-state index in [-0.39, 0.29) is 0 Å². The summed E-state index contributed by atoms with van der Waals surface area (Å²) >= 11 is 0. The van der Waals surface area contributed by atoms with Gasteiger partial charge in [0, 0.05) is 26.0 Å². The number of methoxy groups -OCH3 is 1. The number of aliphatic hydroxyl groups is 1. The topological polar surface area (TPSA) is 47.3 Å². The Labute approximate surface area is 188 Å². The second-order valence-corrected chi connectivity index (χ2v) is 12.1. The molecule has 31 heavy (non-hydrogen) atoms. The molecule has 0 bridgehead atoms. The van der Waals surface area contributed by atoms with Crippen LogP contribution in [0.25, 0.3) is 0 Å². The van der Waals surface area contributed by atoms with Crippen LogP contribution in [0.4, 0.5) is 0 Å². The van der Waals surface area contributed by atoms with Gasteiger partial charge in [-0.15, -0.1) is 0 Å². The summed E-state index contributed by atoms with van der Waals surface area (Å²) in [5, 5.41) is 11.1. The minimum absolute atomic E-state index is 0.399. The van der Waals surface area contributed by atoms with Crippen LogP contribution in [0.5, 0.6) is 0 Å². The van der Waals surface area contributed by atoms with E-state index in [1.165, 1.54) is 50.5 Å². The zero-order valence-electron chi connectivity index (χ0n) is 19.9. The molecule has 0 unspecified atom stereocenters. The van der Waals surface area contributed by atoms with Gasteiger partial charge in [-0.25, -0.2) is 4.98 Å². The first-order valence-corrected chi connectivity index (χ1v) is 12.6. The van der Waals surface area contributed by atoms with Gasteiger partial charge in [0.1, 0.15) is 0 Å². The Bertz CT molecular complexity index is 806. The van der Waals surface area contributed by atoms with Gasteiger partial charge in [0.05, 0.1) is 18.5 Å². The highest BCUT2D eigenvalue weighted by Gasteiger charge is 2.61. The second-order valence-electron chi connectivity index (χ2n) is 12.1. The van der Waals surface area contributed by atoms with E-state index in [9.17, 15) is 5.11 Å². The number of imidazole rings is 1. The lowest BCUT2D eigenvalue weighted by Crippen LogP contribution is -2.56. The molecule has 1 heterocycles. The molecule has 8 atom stereocenters. The van der Waals surface area contributed by atoms with Crippen molar-refractivity contribution < 1.29 is 9.84 Å². The number of hydrogen-bond acceptors (Lipinski definition) is 3. The van der Waals surface area contributed by atoms with Crippen LogP contribution < -0.4 is 0 Å². The van der Waals surface area contributed by atoms with E-state index in [4.69, 9.17) is 4.74 Å². The molecule has 4 heteroatoms. The number of ether oxygens (including phenoxy) is 1. The molecule has 0 amide bonds. The quantitative estimate of drug-likeness (QED) is 0.635. The molecule has 172 valence electrons. The van der Waals surface area contributed by atoms with Crippen LogP contribution in [-0.4, -0.2) is 34.0 Å². The van der Waals surface area contributed by atoms with Gasteiger partial charge in [-0.2, -0.15) is 0 Å². The van der Waals surface area contributed by atoms with E-state index in [1.54, 1.807) is 7.11 Å². The molecule has 0 spiro atoms. The summed E-state index contributed by atoms with van der Waals surface area (Å²) < 4.78 is 7.56. The van der Waals surface area contributed by atoms with Crippen LogP contribution >= 0.6 is 0 Å². The maximum Gasteiger partial charge on any atom is 0.0948 e. The minimum Gasteiger partial charge on any atom is -0.387 e. The summed E-state index contributed by atoms with van der Waals surface area (Å²) in [4.78, 5) is 4.22. The van der Waals surface area contributed by atoms with Gasteiger partial charge in [-0.1, -0.05) is 26.0 Å². The first kappa shape index (κ1) is 21.7. The molecule has 1 aromatic heterocycles. The molecule has 4 nitrogen and oxygen atoms in total. The van der Waals surface area contributed by atoms with Crippen molar-refractivity contribution in [1.82, 2.24) is 9.55 Å². The number of nitrogens with zero attached hydrogens (tertiary/aromatic N) is 2. The van der Waals surface area contributed by atoms with Crippen LogP contribution in [0.2, 0.25) is 0 Å². The van der Waals surface area contributed by atoms with Crippen molar-refractivity contribution in [1.29, 1.82) is 0 Å². The van der Waals surface area contributed by atoms with Crippen LogP contribution in [-0.2, 0) is 11.3 Å². The average molecular weight is 427 g/mol. The zero-order chi connectivity index (χ0) is 21.9. The normalized spacial score (nSPS) is 46.8. The van der Waals surface area contributed by atoms with E-state index < -0.39 is 5.60 Å². The fraction of sp³-hybridized carbons (Fsp3) is 0.815. The number of allylic oxidation sites excluding steroid dienone is 1. The number of hydrogen-bond donors (Lipinski definition) is 1. The van der Waals surface area contributed by atoms with E-state index in [2.05, 4.69) is 36.2 Å². The summed E-state index contributed by atoms with van der Waals surface area (Å²) in [6, 6.07) is 0. The Kier molecular flexibility index (Phi) is 5.41. The van der Waals surface area contributed by atoms with Gasteiger partial charge in [0.2, 0.25) is 0 Å². The summed E-state index contributed by atoms with van der Waals surface area (Å²) in [5.41, 5.74) is 1.62. The highest BCUT2D eigenvalue weighted by molar-refractivity contribution is 5.17. The molecule has 0 aliphatic heterocycles. The lowest BCUT2D eigenvalue weighted by molar-refractivity contribution is -0.161. The zero-order valence-corrected chi connectivity index (χ0v) is 19.9. The number of aromatic nitrogens is 2. The summed E-state index contributed by atoms with van der Waals surface area (Å²) in [6.07, 6.45) is 16.9. The Morgan fingerprint density at radius 2 is 1.90 bits per heavy atom. The molecular weight excluding hydrogens is 384 g/mol. The molecule has 1 N–H and O–H groups in total. The Hall–Kier alpha value is -1.13. The first-order chi connectivity index (χ1) is 14.8. The van der Waals surface area contributed by atoms with Gasteiger partial charge in [0.25, 0.3) is 0 Å². The highest BCUT2D eigenvalue weighted by Crippen LogP contribution is 2.68. The Balaban J connectivity index is 1.33. The van der Waals surface area contributed by atoms with E-state index in [0.29, 0.717) is 29.3 Å². The van der Waals surface area contributed by atoms with E-state index >= 15 is 0 Å². The molecule has 5 rings (SSSR count). The Morgan fingerprint density at radius 3 is 2.65 bits per heavy atom. The van der Waals surface area contributed by atoms with Crippen molar-refractivity contribution in [2.75, 3.05) is 13.7 Å². The maximum atomic E-state index is 11.1. The third-order valence-corrected chi connectivity index (χ3v) is 10.7. The predicted octanol–water partition coefficient (Wildman–Crippen LogP) is 5.48. The van der Waals surface area contributed by atoms with Crippen molar-refractivity contribution in [2.24, 2.45) is 40.4 Å². The van der Waals surface area contributed by atoms with Crippen molar-refractivity contribution in [3.05, 3.63) is 30.9 Å². The van der Waals surface area contributed by atoms with Gasteiger partial charge >= 0.3 is 0 Å². The molecule has 0 radical (unpaired) electrons. The van der Waals surface area contributed by atoms with Crippen LogP contribution in [0.3, 0.4) is 0 Å². The summed E-state index contributed by atoms with van der Waals surface area (Å²) in [6.45, 7) is 11.2. The highest BCUT2D eigenvalue weighted by atomic mass is 16.5. The molecule has 4 fully saturated rings. The van der Waals surface area contributed by atoms with Gasteiger partial charge in [-0.05, 0) is 98.2 Å². The third-order valence-electron chi connectivity index (χ3n) is 10.7. The predicted molar refractivity (Wildman–Crippen MR) is 123 cm³/mol. The van der Waals surface area contributed by atoms with Crippen LogP contribution in [0.15, 0.2) is 30.9 Å². The number of rotatable bonds is 5. The largest absolute Gasteiger partial charge is 0.387 e. The molecule has 0 saturated heterocycles. The van der Waals surface area contributed by atoms with E-state index in [1.807, 2.05) is 12.5 Å². The molecule has 4 saturated carbocycles. The van der Waals surface area contributed by atoms with Gasteiger partial charge in [-0.3, -0.25) is 0 Å². The Morgan fingerprint density at radius 1 is 1.10 bits per heavy atom. The molecule has 4 aliphatic rings. The first-order valence-electron chi connectivity index (χ1n) is 12.6. The lowest BCUT2D eigenvalue weighted by Gasteiger charge is -2.62. The molecule has 0 aromatic carbocycles. The smallest absolute Gasteiger partial charge is 0.0948 e. The maximum absolute atomic E-state index is 11.1. The lowest BCUT2D eigenvalue weighted by atomic mass is 9.43. The second kappa shape index (κ2) is 7.73. The summed E-state index contributed by atoms with van der Waals surface area (Å²) in [7, 11) is 1.72. The van der Waals surface area contributed by atoms with Crippen molar-refractivity contribution >= 4 is 0 Å². The monoisotopic (exact) mass is 426 g/mol.